The van der Waals surface area contributed by atoms with E-state index in [1.165, 1.54) is 0 Å². The number of nitrogens with zero attached hydrogens (tertiary/aromatic N) is 5. The fourth-order valence-electron chi connectivity index (χ4n) is 5.46. The molecule has 0 atom stereocenters. The van der Waals surface area contributed by atoms with Gasteiger partial charge in [0.1, 0.15) is 17.2 Å². The Morgan fingerprint density at radius 1 is 0.829 bits per heavy atom. The number of carboxylic acid groups (broad SMARTS) is 1. The van der Waals surface area contributed by atoms with Crippen LogP contribution in [-0.4, -0.2) is 49.6 Å². The molecule has 0 unspecified atom stereocenters. The lowest BCUT2D eigenvalue weighted by atomic mass is 9.99. The first-order valence-corrected chi connectivity index (χ1v) is 13.9. The van der Waals surface area contributed by atoms with E-state index in [0.717, 1.165) is 53.1 Å². The Balaban J connectivity index is 1.28. The standard InChI is InChI=1S/C33H31N5O3/c1-2-29-34-28-17-18-30(37-20-8-19-36(33(37)41)21-23-9-4-3-5-10-23)35-31(28)38(29)22-24-13-15-25(16-14-24)26-11-6-7-12-27(26)32(39)40/h3-7,9-18H,2,8,19-22H2,1H3,(H,39,40). The summed E-state index contributed by atoms with van der Waals surface area (Å²) >= 11 is 0. The molecule has 1 aliphatic heterocycles. The summed E-state index contributed by atoms with van der Waals surface area (Å²) in [5.41, 5.74) is 5.51. The van der Waals surface area contributed by atoms with Crippen molar-refractivity contribution in [3.8, 4) is 11.1 Å². The van der Waals surface area contributed by atoms with E-state index >= 15 is 0 Å². The van der Waals surface area contributed by atoms with Gasteiger partial charge in [0, 0.05) is 26.1 Å². The number of carbonyl (C=O) groups excluding carboxylic acids is 1. The van der Waals surface area contributed by atoms with E-state index in [1.54, 1.807) is 17.0 Å². The molecule has 1 N–H and O–H groups in total. The lowest BCUT2D eigenvalue weighted by molar-refractivity contribution is 0.0697. The predicted octanol–water partition coefficient (Wildman–Crippen LogP) is 6.24. The van der Waals surface area contributed by atoms with Crippen LogP contribution in [0.4, 0.5) is 10.6 Å². The average molecular weight is 546 g/mol. The first kappa shape index (κ1) is 26.3. The van der Waals surface area contributed by atoms with Gasteiger partial charge in [0.2, 0.25) is 0 Å². The van der Waals surface area contributed by atoms with Crippen molar-refractivity contribution in [2.24, 2.45) is 0 Å². The van der Waals surface area contributed by atoms with Gasteiger partial charge in [0.25, 0.3) is 0 Å². The second-order valence-electron chi connectivity index (χ2n) is 10.2. The first-order valence-electron chi connectivity index (χ1n) is 13.9. The summed E-state index contributed by atoms with van der Waals surface area (Å²) in [4.78, 5) is 38.6. The van der Waals surface area contributed by atoms with Crippen molar-refractivity contribution in [1.82, 2.24) is 19.4 Å². The highest BCUT2D eigenvalue weighted by molar-refractivity contribution is 5.96. The highest BCUT2D eigenvalue weighted by atomic mass is 16.4. The van der Waals surface area contributed by atoms with E-state index in [2.05, 4.69) is 11.5 Å². The third kappa shape index (κ3) is 5.28. The molecule has 1 saturated heterocycles. The van der Waals surface area contributed by atoms with Crippen LogP contribution in [0.2, 0.25) is 0 Å². The quantitative estimate of drug-likeness (QED) is 0.249. The molecule has 0 aliphatic carbocycles. The summed E-state index contributed by atoms with van der Waals surface area (Å²) in [5, 5.41) is 9.58. The van der Waals surface area contributed by atoms with Crippen molar-refractivity contribution in [1.29, 1.82) is 0 Å². The van der Waals surface area contributed by atoms with E-state index < -0.39 is 5.97 Å². The van der Waals surface area contributed by atoms with Gasteiger partial charge in [-0.15, -0.1) is 0 Å². The van der Waals surface area contributed by atoms with Crippen LogP contribution in [0.25, 0.3) is 22.3 Å². The van der Waals surface area contributed by atoms with Crippen molar-refractivity contribution in [3.05, 3.63) is 114 Å². The molecule has 8 heteroatoms. The number of rotatable bonds is 8. The molecule has 0 saturated carbocycles. The highest BCUT2D eigenvalue weighted by Gasteiger charge is 2.28. The fourth-order valence-corrected chi connectivity index (χ4v) is 5.46. The van der Waals surface area contributed by atoms with Crippen molar-refractivity contribution < 1.29 is 14.7 Å². The molecule has 0 bridgehead atoms. The third-order valence-corrected chi connectivity index (χ3v) is 7.54. The van der Waals surface area contributed by atoms with Gasteiger partial charge in [-0.25, -0.2) is 19.6 Å². The number of hydrogen-bond donors (Lipinski definition) is 1. The number of imidazole rings is 1. The van der Waals surface area contributed by atoms with Crippen molar-refractivity contribution in [2.75, 3.05) is 18.0 Å². The molecule has 1 aliphatic rings. The van der Waals surface area contributed by atoms with Crippen LogP contribution >= 0.6 is 0 Å². The van der Waals surface area contributed by atoms with Crippen LogP contribution in [-0.2, 0) is 19.5 Å². The number of aromatic nitrogens is 3. The molecule has 2 aromatic heterocycles. The zero-order valence-electron chi connectivity index (χ0n) is 22.9. The Hall–Kier alpha value is -4.98. The van der Waals surface area contributed by atoms with Gasteiger partial charge >= 0.3 is 12.0 Å². The molecule has 41 heavy (non-hydrogen) atoms. The number of carboxylic acids is 1. The number of aryl methyl sites for hydroxylation is 1. The number of anilines is 1. The second-order valence-corrected chi connectivity index (χ2v) is 10.2. The normalized spacial score (nSPS) is 13.6. The number of benzene rings is 3. The van der Waals surface area contributed by atoms with Crippen molar-refractivity contribution >= 4 is 29.0 Å². The number of amides is 2. The minimum atomic E-state index is -0.945. The molecular formula is C33H31N5O3. The van der Waals surface area contributed by atoms with Gasteiger partial charge < -0.3 is 14.6 Å². The van der Waals surface area contributed by atoms with Crippen LogP contribution in [0.5, 0.6) is 0 Å². The monoisotopic (exact) mass is 545 g/mol. The van der Waals surface area contributed by atoms with Gasteiger partial charge in [0.05, 0.1) is 12.1 Å². The summed E-state index contributed by atoms with van der Waals surface area (Å²) in [5.74, 6) is 0.602. The average Bonchev–Trinajstić information content (AvgIpc) is 3.35. The van der Waals surface area contributed by atoms with Crippen molar-refractivity contribution in [2.45, 2.75) is 32.9 Å². The molecule has 206 valence electrons. The zero-order valence-corrected chi connectivity index (χ0v) is 22.9. The fraction of sp³-hybridized carbons (Fsp3) is 0.212. The number of aromatic carboxylic acids is 1. The number of carbonyl (C=O) groups is 2. The van der Waals surface area contributed by atoms with Crippen molar-refractivity contribution in [3.63, 3.8) is 0 Å². The van der Waals surface area contributed by atoms with Crippen LogP contribution in [0, 0.1) is 0 Å². The maximum Gasteiger partial charge on any atom is 0.336 e. The topological polar surface area (TPSA) is 91.6 Å². The van der Waals surface area contributed by atoms with Gasteiger partial charge in [-0.3, -0.25) is 4.90 Å². The molecule has 2 amide bonds. The number of pyridine rings is 1. The number of hydrogen-bond acceptors (Lipinski definition) is 4. The minimum Gasteiger partial charge on any atom is -0.478 e. The summed E-state index contributed by atoms with van der Waals surface area (Å²) in [6.07, 6.45) is 1.61. The summed E-state index contributed by atoms with van der Waals surface area (Å²) in [6, 6.07) is 28.8. The SMILES string of the molecule is CCc1nc2ccc(N3CCCN(Cc4ccccc4)C3=O)nc2n1Cc1ccc(-c2ccccc2C(=O)O)cc1. The van der Waals surface area contributed by atoms with E-state index in [0.29, 0.717) is 31.0 Å². The Kier molecular flexibility index (Phi) is 7.20. The number of fused-ring (bicyclic) bond motifs is 1. The Morgan fingerprint density at radius 2 is 1.56 bits per heavy atom. The van der Waals surface area contributed by atoms with Gasteiger partial charge in [-0.05, 0) is 46.9 Å². The molecule has 1 fully saturated rings. The van der Waals surface area contributed by atoms with Crippen LogP contribution in [0.15, 0.2) is 91.0 Å². The minimum absolute atomic E-state index is 0.0361. The summed E-state index contributed by atoms with van der Waals surface area (Å²) < 4.78 is 2.11. The molecule has 3 aromatic carbocycles. The Labute approximate surface area is 238 Å². The summed E-state index contributed by atoms with van der Waals surface area (Å²) in [6.45, 7) is 4.54. The van der Waals surface area contributed by atoms with Crippen LogP contribution in [0.3, 0.4) is 0 Å². The molecular weight excluding hydrogens is 514 g/mol. The molecule has 8 nitrogen and oxygen atoms in total. The third-order valence-electron chi connectivity index (χ3n) is 7.54. The number of urea groups is 1. The van der Waals surface area contributed by atoms with E-state index in [-0.39, 0.29) is 11.6 Å². The molecule has 0 spiro atoms. The van der Waals surface area contributed by atoms with Gasteiger partial charge in [-0.1, -0.05) is 79.7 Å². The van der Waals surface area contributed by atoms with E-state index in [1.807, 2.05) is 83.8 Å². The van der Waals surface area contributed by atoms with E-state index in [4.69, 9.17) is 9.97 Å². The van der Waals surface area contributed by atoms with Gasteiger partial charge in [0.15, 0.2) is 5.65 Å². The van der Waals surface area contributed by atoms with E-state index in [9.17, 15) is 14.7 Å². The lowest BCUT2D eigenvalue weighted by Crippen LogP contribution is -2.49. The Morgan fingerprint density at radius 3 is 2.32 bits per heavy atom. The molecule has 5 aromatic rings. The maximum atomic E-state index is 13.5. The maximum absolute atomic E-state index is 13.5. The molecule has 6 rings (SSSR count). The van der Waals surface area contributed by atoms with Gasteiger partial charge in [-0.2, -0.15) is 0 Å². The second kappa shape index (κ2) is 11.3. The smallest absolute Gasteiger partial charge is 0.336 e. The molecule has 3 heterocycles. The predicted molar refractivity (Wildman–Crippen MR) is 159 cm³/mol. The largest absolute Gasteiger partial charge is 0.478 e. The Bertz CT molecular complexity index is 1710. The van der Waals surface area contributed by atoms with Crippen LogP contribution < -0.4 is 4.90 Å². The van der Waals surface area contributed by atoms with Crippen LogP contribution in [0.1, 0.15) is 40.7 Å². The summed E-state index contributed by atoms with van der Waals surface area (Å²) in [7, 11) is 0. The first-order chi connectivity index (χ1) is 20.0. The zero-order chi connectivity index (χ0) is 28.3. The molecule has 0 radical (unpaired) electrons. The highest BCUT2D eigenvalue weighted by Crippen LogP contribution is 2.27. The lowest BCUT2D eigenvalue weighted by Gasteiger charge is -2.35.